The molecule has 0 aliphatic rings. The lowest BCUT2D eigenvalue weighted by molar-refractivity contribution is -0.192. The Morgan fingerprint density at radius 1 is 1.11 bits per heavy atom. The number of benzene rings is 2. The van der Waals surface area contributed by atoms with Crippen molar-refractivity contribution in [2.24, 2.45) is 0 Å². The Balaban J connectivity index is 0.000000479. The zero-order chi connectivity index (χ0) is 27.2. The second-order valence-corrected chi connectivity index (χ2v) is 7.30. The first-order valence-corrected chi connectivity index (χ1v) is 10.7. The Bertz CT molecular complexity index is 1390. The van der Waals surface area contributed by atoms with E-state index >= 15 is 0 Å². The fraction of sp³-hybridized carbons (Fsp3) is 0.174. The maximum atomic E-state index is 14.7. The molecule has 10 nitrogen and oxygen atoms in total. The number of carbonyl (C=O) groups excluding carboxylic acids is 1. The summed E-state index contributed by atoms with van der Waals surface area (Å²) >= 11 is 0. The van der Waals surface area contributed by atoms with Crippen LogP contribution in [0, 0.1) is 5.82 Å². The second kappa shape index (κ2) is 11.3. The number of aliphatic carboxylic acids is 1. The monoisotopic (exact) mass is 519 g/mol. The molecule has 2 aromatic carbocycles. The molecule has 0 fully saturated rings. The largest absolute Gasteiger partial charge is 0.490 e. The average molecular weight is 519 g/mol. The van der Waals surface area contributed by atoms with Gasteiger partial charge in [-0.25, -0.2) is 14.2 Å². The van der Waals surface area contributed by atoms with E-state index in [1.165, 1.54) is 0 Å². The van der Waals surface area contributed by atoms with Gasteiger partial charge in [-0.2, -0.15) is 23.3 Å². The number of hydrogen-bond acceptors (Lipinski definition) is 7. The van der Waals surface area contributed by atoms with E-state index in [0.717, 1.165) is 22.8 Å². The van der Waals surface area contributed by atoms with Crippen LogP contribution in [0.25, 0.3) is 10.9 Å². The number of carboxylic acids is 1. The summed E-state index contributed by atoms with van der Waals surface area (Å²) in [6, 6.07) is 12.5. The van der Waals surface area contributed by atoms with Crippen molar-refractivity contribution in [2.75, 3.05) is 23.8 Å². The topological polar surface area (TPSA) is 136 Å². The maximum absolute atomic E-state index is 14.7. The van der Waals surface area contributed by atoms with Gasteiger partial charge in [0.2, 0.25) is 5.95 Å². The number of aromatic amines is 1. The van der Waals surface area contributed by atoms with Gasteiger partial charge in [-0.15, -0.1) is 0 Å². The molecule has 1 amide bonds. The van der Waals surface area contributed by atoms with Gasteiger partial charge >= 0.3 is 12.1 Å². The van der Waals surface area contributed by atoms with Gasteiger partial charge in [0.05, 0.1) is 23.6 Å². The van der Waals surface area contributed by atoms with E-state index in [2.05, 4.69) is 30.8 Å². The quantitative estimate of drug-likeness (QED) is 0.276. The summed E-state index contributed by atoms with van der Waals surface area (Å²) < 4.78 is 46.4. The number of aromatic nitrogens is 4. The molecule has 14 heteroatoms. The summed E-state index contributed by atoms with van der Waals surface area (Å²) in [5, 5.41) is 20.6. The van der Waals surface area contributed by atoms with E-state index < -0.39 is 18.0 Å². The smallest absolute Gasteiger partial charge is 0.475 e. The molecule has 2 aromatic heterocycles. The predicted molar refractivity (Wildman–Crippen MR) is 128 cm³/mol. The van der Waals surface area contributed by atoms with E-state index in [1.807, 2.05) is 25.1 Å². The SMILES string of the molecule is CCN(c1nc(Nc2ccc(C(=O)NC)cc2)ncc1F)c1cccc2[nH]ncc12.O=C(O)C(F)(F)F. The Hall–Kier alpha value is -4.75. The molecule has 4 N–H and O–H groups in total. The molecule has 0 aliphatic heterocycles. The van der Waals surface area contributed by atoms with E-state index in [4.69, 9.17) is 9.90 Å². The van der Waals surface area contributed by atoms with Crippen molar-refractivity contribution in [2.45, 2.75) is 13.1 Å². The molecular formula is C23H21F4N7O3. The van der Waals surface area contributed by atoms with Crippen molar-refractivity contribution in [3.05, 3.63) is 66.2 Å². The number of rotatable bonds is 6. The summed E-state index contributed by atoms with van der Waals surface area (Å²) in [5.74, 6) is -3.05. The first-order chi connectivity index (χ1) is 17.5. The number of hydrogen-bond donors (Lipinski definition) is 4. The summed E-state index contributed by atoms with van der Waals surface area (Å²) in [4.78, 5) is 30.8. The van der Waals surface area contributed by atoms with Crippen LogP contribution in [-0.4, -0.2) is 56.9 Å². The van der Waals surface area contributed by atoms with Crippen LogP contribution >= 0.6 is 0 Å². The van der Waals surface area contributed by atoms with E-state index in [-0.39, 0.29) is 17.7 Å². The number of halogens is 4. The summed E-state index contributed by atoms with van der Waals surface area (Å²) in [5.41, 5.74) is 2.87. The normalized spacial score (nSPS) is 10.9. The number of anilines is 4. The Morgan fingerprint density at radius 2 is 1.78 bits per heavy atom. The number of amides is 1. The average Bonchev–Trinajstić information content (AvgIpc) is 3.36. The first-order valence-electron chi connectivity index (χ1n) is 10.7. The molecule has 2 heterocycles. The highest BCUT2D eigenvalue weighted by Crippen LogP contribution is 2.32. The molecule has 37 heavy (non-hydrogen) atoms. The van der Waals surface area contributed by atoms with Gasteiger partial charge in [0.1, 0.15) is 0 Å². The number of H-pyrrole nitrogens is 1. The molecule has 0 bridgehead atoms. The fourth-order valence-corrected chi connectivity index (χ4v) is 3.21. The molecule has 4 aromatic rings. The highest BCUT2D eigenvalue weighted by Gasteiger charge is 2.38. The van der Waals surface area contributed by atoms with Crippen LogP contribution in [0.5, 0.6) is 0 Å². The van der Waals surface area contributed by atoms with Crippen LogP contribution in [0.3, 0.4) is 0 Å². The minimum Gasteiger partial charge on any atom is -0.475 e. The Morgan fingerprint density at radius 3 is 2.38 bits per heavy atom. The van der Waals surface area contributed by atoms with Gasteiger partial charge in [0.15, 0.2) is 11.6 Å². The van der Waals surface area contributed by atoms with Crippen molar-refractivity contribution in [3.63, 3.8) is 0 Å². The van der Waals surface area contributed by atoms with Gasteiger partial charge in [-0.3, -0.25) is 9.89 Å². The van der Waals surface area contributed by atoms with Gasteiger partial charge in [0, 0.05) is 30.2 Å². The van der Waals surface area contributed by atoms with Crippen molar-refractivity contribution in [1.82, 2.24) is 25.5 Å². The zero-order valence-electron chi connectivity index (χ0n) is 19.5. The molecule has 0 saturated heterocycles. The highest BCUT2D eigenvalue weighted by atomic mass is 19.4. The van der Waals surface area contributed by atoms with E-state index in [0.29, 0.717) is 17.8 Å². The lowest BCUT2D eigenvalue weighted by Crippen LogP contribution is -2.21. The highest BCUT2D eigenvalue weighted by molar-refractivity contribution is 5.94. The molecule has 0 unspecified atom stereocenters. The third-order valence-electron chi connectivity index (χ3n) is 4.92. The second-order valence-electron chi connectivity index (χ2n) is 7.30. The third kappa shape index (κ3) is 6.48. The van der Waals surface area contributed by atoms with Crippen LogP contribution in [0.15, 0.2) is 54.9 Å². The van der Waals surface area contributed by atoms with E-state index in [1.54, 1.807) is 42.4 Å². The lowest BCUT2D eigenvalue weighted by atomic mass is 10.2. The molecule has 0 saturated carbocycles. The van der Waals surface area contributed by atoms with Gasteiger partial charge in [-0.1, -0.05) is 6.07 Å². The Kier molecular flexibility index (Phi) is 8.22. The summed E-state index contributed by atoms with van der Waals surface area (Å²) in [6.07, 6.45) is -2.23. The van der Waals surface area contributed by atoms with Gasteiger partial charge in [0.25, 0.3) is 5.91 Å². The van der Waals surface area contributed by atoms with Crippen LogP contribution in [0.2, 0.25) is 0 Å². The maximum Gasteiger partial charge on any atom is 0.490 e. The Labute approximate surface area is 207 Å². The summed E-state index contributed by atoms with van der Waals surface area (Å²) in [6.45, 7) is 2.42. The van der Waals surface area contributed by atoms with Crippen molar-refractivity contribution < 1.29 is 32.3 Å². The molecule has 0 atom stereocenters. The van der Waals surface area contributed by atoms with Crippen molar-refractivity contribution in [1.29, 1.82) is 0 Å². The van der Waals surface area contributed by atoms with Gasteiger partial charge < -0.3 is 20.6 Å². The standard InChI is InChI=1S/C21H20FN7O.C2HF3O2/c1-3-29(18-6-4-5-17-15(18)11-25-28-17)19-16(22)12-24-21(27-19)26-14-9-7-13(8-10-14)20(30)23-2;3-2(4,5)1(6)7/h4-12H,3H2,1-2H3,(H,23,30)(H,25,28)(H,24,26,27);(H,6,7). The fourth-order valence-electron chi connectivity index (χ4n) is 3.21. The lowest BCUT2D eigenvalue weighted by Gasteiger charge is -2.23. The molecule has 4 rings (SSSR count). The van der Waals surface area contributed by atoms with Crippen LogP contribution < -0.4 is 15.5 Å². The molecule has 0 radical (unpaired) electrons. The third-order valence-corrected chi connectivity index (χ3v) is 4.92. The number of fused-ring (bicyclic) bond motifs is 1. The first kappa shape index (κ1) is 26.8. The zero-order valence-corrected chi connectivity index (χ0v) is 19.5. The number of carbonyl (C=O) groups is 2. The molecule has 0 aliphatic carbocycles. The van der Waals surface area contributed by atoms with Crippen LogP contribution in [0.1, 0.15) is 17.3 Å². The molecular weight excluding hydrogens is 498 g/mol. The minimum atomic E-state index is -5.08. The number of nitrogens with zero attached hydrogens (tertiary/aromatic N) is 4. The molecule has 194 valence electrons. The van der Waals surface area contributed by atoms with Crippen molar-refractivity contribution >= 4 is 45.9 Å². The van der Waals surface area contributed by atoms with Crippen LogP contribution in [0.4, 0.5) is 40.7 Å². The molecule has 0 spiro atoms. The van der Waals surface area contributed by atoms with Crippen molar-refractivity contribution in [3.8, 4) is 0 Å². The number of alkyl halides is 3. The number of carboxylic acid groups (broad SMARTS) is 1. The number of nitrogens with one attached hydrogen (secondary N) is 3. The van der Waals surface area contributed by atoms with E-state index in [9.17, 15) is 22.4 Å². The minimum absolute atomic E-state index is 0.158. The summed E-state index contributed by atoms with van der Waals surface area (Å²) in [7, 11) is 1.58. The van der Waals surface area contributed by atoms with Crippen LogP contribution in [-0.2, 0) is 4.79 Å². The predicted octanol–water partition coefficient (Wildman–Crippen LogP) is 4.39. The van der Waals surface area contributed by atoms with Gasteiger partial charge in [-0.05, 0) is 43.3 Å².